The minimum Gasteiger partial charge on any atom is -0.507 e. The number of carboxylic acids is 1. The smallest absolute Gasteiger partial charge is 0.310 e. The average Bonchev–Trinajstić information content (AvgIpc) is 2.46. The van der Waals surface area contributed by atoms with Crippen LogP contribution in [0.25, 0.3) is 21.5 Å². The van der Waals surface area contributed by atoms with E-state index in [9.17, 15) is 9.90 Å². The molecule has 0 heterocycles. The molecule has 3 heteroatoms. The van der Waals surface area contributed by atoms with Crippen LogP contribution < -0.4 is 0 Å². The fraction of sp³-hybridized carbons (Fsp3) is 0.118. The van der Waals surface area contributed by atoms with E-state index in [0.717, 1.165) is 16.2 Å². The fourth-order valence-corrected chi connectivity index (χ4v) is 2.47. The molecule has 1 unspecified atom stereocenters. The monoisotopic (exact) mass is 266 g/mol. The second kappa shape index (κ2) is 4.53. The van der Waals surface area contributed by atoms with Gasteiger partial charge in [0.15, 0.2) is 0 Å². The van der Waals surface area contributed by atoms with Gasteiger partial charge in [-0.2, -0.15) is 0 Å². The first-order valence-electron chi connectivity index (χ1n) is 6.45. The lowest BCUT2D eigenvalue weighted by Crippen LogP contribution is -2.07. The highest BCUT2D eigenvalue weighted by Gasteiger charge is 2.15. The molecule has 3 aromatic carbocycles. The van der Waals surface area contributed by atoms with Crippen LogP contribution >= 0.6 is 0 Å². The van der Waals surface area contributed by atoms with E-state index in [-0.39, 0.29) is 5.75 Å². The summed E-state index contributed by atoms with van der Waals surface area (Å²) in [5.41, 5.74) is 0.690. The molecule has 0 aliphatic heterocycles. The lowest BCUT2D eigenvalue weighted by molar-refractivity contribution is -0.138. The molecule has 0 saturated carbocycles. The molecular formula is C17H14O3. The van der Waals surface area contributed by atoms with Crippen molar-refractivity contribution in [3.8, 4) is 5.75 Å². The summed E-state index contributed by atoms with van der Waals surface area (Å²) in [6, 6.07) is 15.0. The van der Waals surface area contributed by atoms with Crippen LogP contribution in [0.3, 0.4) is 0 Å². The zero-order chi connectivity index (χ0) is 14.3. The first-order valence-corrected chi connectivity index (χ1v) is 6.45. The van der Waals surface area contributed by atoms with Gasteiger partial charge in [-0.3, -0.25) is 4.79 Å². The summed E-state index contributed by atoms with van der Waals surface area (Å²) in [5.74, 6) is -1.26. The van der Waals surface area contributed by atoms with Gasteiger partial charge in [-0.25, -0.2) is 0 Å². The largest absolute Gasteiger partial charge is 0.507 e. The summed E-state index contributed by atoms with van der Waals surface area (Å²) in [6.45, 7) is 1.64. The second-order valence-corrected chi connectivity index (χ2v) is 4.99. The SMILES string of the molecule is CC(C(=O)O)c1ccc2cc3ccccc3c(O)c2c1. The molecule has 0 radical (unpaired) electrons. The normalized spacial score (nSPS) is 12.7. The Morgan fingerprint density at radius 1 is 1.00 bits per heavy atom. The highest BCUT2D eigenvalue weighted by molar-refractivity contribution is 6.05. The van der Waals surface area contributed by atoms with Crippen molar-refractivity contribution in [2.45, 2.75) is 12.8 Å². The van der Waals surface area contributed by atoms with E-state index in [2.05, 4.69) is 0 Å². The molecule has 0 amide bonds. The van der Waals surface area contributed by atoms with Gasteiger partial charge in [0.1, 0.15) is 5.75 Å². The van der Waals surface area contributed by atoms with Crippen molar-refractivity contribution in [1.29, 1.82) is 0 Å². The molecule has 2 N–H and O–H groups in total. The predicted molar refractivity (Wildman–Crippen MR) is 79.2 cm³/mol. The molecule has 3 nitrogen and oxygen atoms in total. The van der Waals surface area contributed by atoms with Gasteiger partial charge in [-0.15, -0.1) is 0 Å². The molecule has 0 aliphatic rings. The van der Waals surface area contributed by atoms with Crippen LogP contribution in [0.5, 0.6) is 5.75 Å². The van der Waals surface area contributed by atoms with Crippen molar-refractivity contribution in [3.05, 3.63) is 54.1 Å². The van der Waals surface area contributed by atoms with Crippen molar-refractivity contribution in [2.75, 3.05) is 0 Å². The Morgan fingerprint density at radius 3 is 2.45 bits per heavy atom. The van der Waals surface area contributed by atoms with Gasteiger partial charge in [-0.1, -0.05) is 36.4 Å². The predicted octanol–water partition coefficient (Wildman–Crippen LogP) is 3.89. The third-order valence-electron chi connectivity index (χ3n) is 3.73. The molecular weight excluding hydrogens is 252 g/mol. The second-order valence-electron chi connectivity index (χ2n) is 4.99. The van der Waals surface area contributed by atoms with Gasteiger partial charge in [0.05, 0.1) is 5.92 Å². The number of phenols is 1. The zero-order valence-corrected chi connectivity index (χ0v) is 11.0. The average molecular weight is 266 g/mol. The number of phenolic OH excluding ortho intramolecular Hbond substituents is 1. The minimum atomic E-state index is -0.871. The van der Waals surface area contributed by atoms with E-state index in [4.69, 9.17) is 5.11 Å². The number of carboxylic acid groups (broad SMARTS) is 1. The van der Waals surface area contributed by atoms with Gasteiger partial charge in [0.25, 0.3) is 0 Å². The quantitative estimate of drug-likeness (QED) is 0.692. The molecule has 1 atom stereocenters. The first kappa shape index (κ1) is 12.5. The lowest BCUT2D eigenvalue weighted by Gasteiger charge is -2.10. The van der Waals surface area contributed by atoms with Crippen LogP contribution in [0.1, 0.15) is 18.4 Å². The number of carbonyl (C=O) groups is 1. The maximum atomic E-state index is 11.1. The number of hydrogen-bond donors (Lipinski definition) is 2. The van der Waals surface area contributed by atoms with Gasteiger partial charge < -0.3 is 10.2 Å². The molecule has 0 aromatic heterocycles. The molecule has 20 heavy (non-hydrogen) atoms. The van der Waals surface area contributed by atoms with Gasteiger partial charge in [0, 0.05) is 10.8 Å². The van der Waals surface area contributed by atoms with Crippen LogP contribution in [0.2, 0.25) is 0 Å². The van der Waals surface area contributed by atoms with Crippen molar-refractivity contribution >= 4 is 27.5 Å². The summed E-state index contributed by atoms with van der Waals surface area (Å²) in [5, 5.41) is 22.8. The van der Waals surface area contributed by atoms with Crippen LogP contribution in [-0.2, 0) is 4.79 Å². The Balaban J connectivity index is 2.31. The zero-order valence-electron chi connectivity index (χ0n) is 11.0. The van der Waals surface area contributed by atoms with E-state index in [1.807, 2.05) is 36.4 Å². The number of fused-ring (bicyclic) bond motifs is 2. The van der Waals surface area contributed by atoms with Crippen molar-refractivity contribution in [1.82, 2.24) is 0 Å². The topological polar surface area (TPSA) is 57.5 Å². The highest BCUT2D eigenvalue weighted by Crippen LogP contribution is 2.35. The van der Waals surface area contributed by atoms with Crippen molar-refractivity contribution in [3.63, 3.8) is 0 Å². The maximum Gasteiger partial charge on any atom is 0.310 e. The maximum absolute atomic E-state index is 11.1. The van der Waals surface area contributed by atoms with Crippen LogP contribution in [0, 0.1) is 0 Å². The van der Waals surface area contributed by atoms with Crippen molar-refractivity contribution in [2.24, 2.45) is 0 Å². The van der Waals surface area contributed by atoms with Crippen LogP contribution in [0.15, 0.2) is 48.5 Å². The Labute approximate surface area is 116 Å². The molecule has 0 spiro atoms. The third-order valence-corrected chi connectivity index (χ3v) is 3.73. The van der Waals surface area contributed by atoms with Crippen LogP contribution in [-0.4, -0.2) is 16.2 Å². The fourth-order valence-electron chi connectivity index (χ4n) is 2.47. The van der Waals surface area contributed by atoms with E-state index in [0.29, 0.717) is 10.9 Å². The summed E-state index contributed by atoms with van der Waals surface area (Å²) >= 11 is 0. The Hall–Kier alpha value is -2.55. The molecule has 0 bridgehead atoms. The van der Waals surface area contributed by atoms with E-state index in [1.54, 1.807) is 19.1 Å². The molecule has 0 fully saturated rings. The van der Waals surface area contributed by atoms with Crippen LogP contribution in [0.4, 0.5) is 0 Å². The number of rotatable bonds is 2. The summed E-state index contributed by atoms with van der Waals surface area (Å²) < 4.78 is 0. The summed E-state index contributed by atoms with van der Waals surface area (Å²) in [7, 11) is 0. The van der Waals surface area contributed by atoms with E-state index >= 15 is 0 Å². The van der Waals surface area contributed by atoms with E-state index in [1.165, 1.54) is 0 Å². The Bertz CT molecular complexity index is 821. The molecule has 0 saturated heterocycles. The Morgan fingerprint density at radius 2 is 1.70 bits per heavy atom. The van der Waals surface area contributed by atoms with Crippen molar-refractivity contribution < 1.29 is 15.0 Å². The van der Waals surface area contributed by atoms with E-state index < -0.39 is 11.9 Å². The van der Waals surface area contributed by atoms with Gasteiger partial charge in [-0.05, 0) is 35.4 Å². The lowest BCUT2D eigenvalue weighted by atomic mass is 9.95. The standard InChI is InChI=1S/C17H14O3/c1-10(17(19)20)11-6-7-13-8-12-4-2-3-5-14(12)16(18)15(13)9-11/h2-10,18H,1H3,(H,19,20). The number of benzene rings is 3. The number of hydrogen-bond acceptors (Lipinski definition) is 2. The highest BCUT2D eigenvalue weighted by atomic mass is 16.4. The first-order chi connectivity index (χ1) is 9.58. The number of aliphatic carboxylic acids is 1. The summed E-state index contributed by atoms with van der Waals surface area (Å²) in [4.78, 5) is 11.1. The Kier molecular flexibility index (Phi) is 2.83. The molecule has 3 aromatic rings. The number of aromatic hydroxyl groups is 1. The van der Waals surface area contributed by atoms with Gasteiger partial charge >= 0.3 is 5.97 Å². The van der Waals surface area contributed by atoms with Gasteiger partial charge in [0.2, 0.25) is 0 Å². The molecule has 100 valence electrons. The molecule has 3 rings (SSSR count). The third kappa shape index (κ3) is 1.88. The molecule has 0 aliphatic carbocycles. The minimum absolute atomic E-state index is 0.206. The summed E-state index contributed by atoms with van der Waals surface area (Å²) in [6.07, 6.45) is 0.